The molecule has 2 aromatic carbocycles. The van der Waals surface area contributed by atoms with Gasteiger partial charge in [-0.1, -0.05) is 60.2 Å². The van der Waals surface area contributed by atoms with Crippen molar-refractivity contribution < 1.29 is 4.79 Å². The van der Waals surface area contributed by atoms with Gasteiger partial charge in [0.2, 0.25) is 5.91 Å². The van der Waals surface area contributed by atoms with Gasteiger partial charge in [0.25, 0.3) is 0 Å². The van der Waals surface area contributed by atoms with Crippen molar-refractivity contribution in [2.75, 3.05) is 13.1 Å². The molecule has 0 bridgehead atoms. The maximum atomic E-state index is 12.3. The largest absolute Gasteiger partial charge is 0.356 e. The molecule has 0 aliphatic rings. The average Bonchev–Trinajstić information content (AvgIpc) is 2.58. The minimum absolute atomic E-state index is 0.0892. The number of rotatable bonds is 8. The summed E-state index contributed by atoms with van der Waals surface area (Å²) in [6.45, 7) is 3.45. The molecular formula is C20H26N2O. The predicted molar refractivity (Wildman–Crippen MR) is 95.4 cm³/mol. The maximum absolute atomic E-state index is 12.3. The van der Waals surface area contributed by atoms with Crippen LogP contribution in [0.1, 0.15) is 41.9 Å². The predicted octanol–water partition coefficient (Wildman–Crippen LogP) is 3.37. The number of hydrogen-bond acceptors (Lipinski definition) is 2. The van der Waals surface area contributed by atoms with E-state index in [1.165, 1.54) is 16.7 Å². The summed E-state index contributed by atoms with van der Waals surface area (Å²) in [5.41, 5.74) is 9.06. The van der Waals surface area contributed by atoms with Crippen molar-refractivity contribution in [3.05, 3.63) is 71.3 Å². The molecule has 0 aliphatic heterocycles. The minimum atomic E-state index is 0.0892. The first kappa shape index (κ1) is 17.2. The zero-order valence-electron chi connectivity index (χ0n) is 13.8. The molecule has 3 N–H and O–H groups in total. The lowest BCUT2D eigenvalue weighted by molar-refractivity contribution is -0.121. The normalized spacial score (nSPS) is 11.9. The third-order valence-corrected chi connectivity index (χ3v) is 4.02. The Morgan fingerprint density at radius 3 is 2.30 bits per heavy atom. The molecule has 0 aromatic heterocycles. The van der Waals surface area contributed by atoms with Gasteiger partial charge in [-0.05, 0) is 37.4 Å². The van der Waals surface area contributed by atoms with E-state index in [-0.39, 0.29) is 11.8 Å². The molecule has 0 radical (unpaired) electrons. The molecule has 0 spiro atoms. The Morgan fingerprint density at radius 1 is 1.00 bits per heavy atom. The number of aryl methyl sites for hydroxylation is 1. The van der Waals surface area contributed by atoms with Crippen molar-refractivity contribution in [3.8, 4) is 0 Å². The number of nitrogens with two attached hydrogens (primary N) is 1. The first-order chi connectivity index (χ1) is 11.2. The van der Waals surface area contributed by atoms with Gasteiger partial charge in [-0.2, -0.15) is 0 Å². The third kappa shape index (κ3) is 5.53. The molecule has 0 aliphatic carbocycles. The first-order valence-electron chi connectivity index (χ1n) is 8.29. The molecular weight excluding hydrogens is 284 g/mol. The van der Waals surface area contributed by atoms with Gasteiger partial charge in [0.15, 0.2) is 0 Å². The molecule has 0 heterocycles. The van der Waals surface area contributed by atoms with Gasteiger partial charge in [-0.3, -0.25) is 4.79 Å². The second-order valence-electron chi connectivity index (χ2n) is 5.92. The lowest BCUT2D eigenvalue weighted by Gasteiger charge is -2.18. The molecule has 0 saturated carbocycles. The van der Waals surface area contributed by atoms with Crippen molar-refractivity contribution in [3.63, 3.8) is 0 Å². The van der Waals surface area contributed by atoms with Gasteiger partial charge >= 0.3 is 0 Å². The van der Waals surface area contributed by atoms with Crippen molar-refractivity contribution in [2.24, 2.45) is 5.73 Å². The number of carbonyl (C=O) groups is 1. The fourth-order valence-corrected chi connectivity index (χ4v) is 2.67. The van der Waals surface area contributed by atoms with Crippen molar-refractivity contribution in [2.45, 2.75) is 32.1 Å². The molecule has 122 valence electrons. The molecule has 1 unspecified atom stereocenters. The standard InChI is InChI=1S/C20H26N2O/c1-16-9-11-18(12-10-16)19(17-7-3-2-4-8-17)15-20(23)22-14-6-5-13-21/h2-4,7-12,19H,5-6,13-15,21H2,1H3,(H,22,23). The zero-order chi connectivity index (χ0) is 16.5. The average molecular weight is 310 g/mol. The Hall–Kier alpha value is -2.13. The van der Waals surface area contributed by atoms with E-state index in [2.05, 4.69) is 48.6 Å². The van der Waals surface area contributed by atoms with Gasteiger partial charge in [-0.15, -0.1) is 0 Å². The van der Waals surface area contributed by atoms with Crippen LogP contribution in [0, 0.1) is 6.92 Å². The highest BCUT2D eigenvalue weighted by Crippen LogP contribution is 2.28. The van der Waals surface area contributed by atoms with E-state index in [4.69, 9.17) is 5.73 Å². The molecule has 1 atom stereocenters. The molecule has 2 aromatic rings. The SMILES string of the molecule is Cc1ccc(C(CC(=O)NCCCCN)c2ccccc2)cc1. The van der Waals surface area contributed by atoms with Crippen LogP contribution in [0.3, 0.4) is 0 Å². The first-order valence-corrected chi connectivity index (χ1v) is 8.29. The van der Waals surface area contributed by atoms with Gasteiger partial charge in [-0.25, -0.2) is 0 Å². The highest BCUT2D eigenvalue weighted by atomic mass is 16.1. The highest BCUT2D eigenvalue weighted by Gasteiger charge is 2.17. The van der Waals surface area contributed by atoms with Gasteiger partial charge in [0.1, 0.15) is 0 Å². The molecule has 2 rings (SSSR count). The monoisotopic (exact) mass is 310 g/mol. The van der Waals surface area contributed by atoms with Crippen LogP contribution in [0.4, 0.5) is 0 Å². The Kier molecular flexibility index (Phi) is 6.82. The molecule has 0 saturated heterocycles. The lowest BCUT2D eigenvalue weighted by atomic mass is 9.88. The quantitative estimate of drug-likeness (QED) is 0.735. The van der Waals surface area contributed by atoms with Crippen molar-refractivity contribution in [1.82, 2.24) is 5.32 Å². The van der Waals surface area contributed by atoms with Crippen LogP contribution in [0.5, 0.6) is 0 Å². The van der Waals surface area contributed by atoms with E-state index < -0.39 is 0 Å². The second-order valence-corrected chi connectivity index (χ2v) is 5.92. The molecule has 23 heavy (non-hydrogen) atoms. The second kappa shape index (κ2) is 9.11. The van der Waals surface area contributed by atoms with E-state index in [9.17, 15) is 4.79 Å². The Labute approximate surface area is 138 Å². The summed E-state index contributed by atoms with van der Waals surface area (Å²) in [5.74, 6) is 0.183. The maximum Gasteiger partial charge on any atom is 0.220 e. The fourth-order valence-electron chi connectivity index (χ4n) is 2.67. The van der Waals surface area contributed by atoms with Crippen molar-refractivity contribution in [1.29, 1.82) is 0 Å². The number of nitrogens with one attached hydrogen (secondary N) is 1. The van der Waals surface area contributed by atoms with Crippen LogP contribution in [-0.4, -0.2) is 19.0 Å². The van der Waals surface area contributed by atoms with E-state index in [0.717, 1.165) is 12.8 Å². The van der Waals surface area contributed by atoms with Gasteiger partial charge in [0.05, 0.1) is 0 Å². The van der Waals surface area contributed by atoms with E-state index in [1.54, 1.807) is 0 Å². The summed E-state index contributed by atoms with van der Waals surface area (Å²) >= 11 is 0. The summed E-state index contributed by atoms with van der Waals surface area (Å²) < 4.78 is 0. The van der Waals surface area contributed by atoms with E-state index in [1.807, 2.05) is 18.2 Å². The number of hydrogen-bond donors (Lipinski definition) is 2. The lowest BCUT2D eigenvalue weighted by Crippen LogP contribution is -2.26. The highest BCUT2D eigenvalue weighted by molar-refractivity contribution is 5.77. The van der Waals surface area contributed by atoms with Crippen LogP contribution in [0.25, 0.3) is 0 Å². The van der Waals surface area contributed by atoms with Crippen LogP contribution in [0.2, 0.25) is 0 Å². The minimum Gasteiger partial charge on any atom is -0.356 e. The summed E-state index contributed by atoms with van der Waals surface area (Å²) in [6, 6.07) is 18.7. The topological polar surface area (TPSA) is 55.1 Å². The smallest absolute Gasteiger partial charge is 0.220 e. The Balaban J connectivity index is 2.08. The summed E-state index contributed by atoms with van der Waals surface area (Å²) in [7, 11) is 0. The Bertz CT molecular complexity index is 593. The van der Waals surface area contributed by atoms with Crippen molar-refractivity contribution >= 4 is 5.91 Å². The number of unbranched alkanes of at least 4 members (excludes halogenated alkanes) is 1. The zero-order valence-corrected chi connectivity index (χ0v) is 13.8. The molecule has 1 amide bonds. The fraction of sp³-hybridized carbons (Fsp3) is 0.350. The molecule has 3 nitrogen and oxygen atoms in total. The van der Waals surface area contributed by atoms with Gasteiger partial charge in [0, 0.05) is 18.9 Å². The summed E-state index contributed by atoms with van der Waals surface area (Å²) in [4.78, 5) is 12.3. The number of benzene rings is 2. The Morgan fingerprint density at radius 2 is 1.65 bits per heavy atom. The van der Waals surface area contributed by atoms with Crippen LogP contribution in [0.15, 0.2) is 54.6 Å². The van der Waals surface area contributed by atoms with E-state index >= 15 is 0 Å². The third-order valence-electron chi connectivity index (χ3n) is 4.02. The van der Waals surface area contributed by atoms with Gasteiger partial charge < -0.3 is 11.1 Å². The van der Waals surface area contributed by atoms with Crippen LogP contribution < -0.4 is 11.1 Å². The number of amides is 1. The summed E-state index contributed by atoms with van der Waals surface area (Å²) in [5, 5.41) is 3.00. The van der Waals surface area contributed by atoms with E-state index in [0.29, 0.717) is 19.5 Å². The summed E-state index contributed by atoms with van der Waals surface area (Å²) in [6.07, 6.45) is 2.35. The van der Waals surface area contributed by atoms with Crippen LogP contribution in [-0.2, 0) is 4.79 Å². The molecule has 0 fully saturated rings. The molecule has 3 heteroatoms. The number of carbonyl (C=O) groups excluding carboxylic acids is 1. The van der Waals surface area contributed by atoms with Crippen LogP contribution >= 0.6 is 0 Å².